The summed E-state index contributed by atoms with van der Waals surface area (Å²) in [5, 5.41) is 52.3. The molecule has 5 N–H and O–H groups in total. The van der Waals surface area contributed by atoms with Gasteiger partial charge in [-0.1, -0.05) is 12.1 Å². The highest BCUT2D eigenvalue weighted by Crippen LogP contribution is 2.57. The third-order valence-electron chi connectivity index (χ3n) is 13.1. The number of aliphatic hydroxyl groups excluding tert-OH is 4. The van der Waals surface area contributed by atoms with Crippen LogP contribution in [0, 0.1) is 11.8 Å². The number of carboxylic acids is 1. The van der Waals surface area contributed by atoms with Gasteiger partial charge in [0.25, 0.3) is 0 Å². The van der Waals surface area contributed by atoms with E-state index >= 15 is 0 Å². The first-order valence-corrected chi connectivity index (χ1v) is 21.5. The number of aliphatic hydroxyl groups is 4. The molecule has 0 spiro atoms. The predicted molar refractivity (Wildman–Crippen MR) is 224 cm³/mol. The van der Waals surface area contributed by atoms with Crippen molar-refractivity contribution in [2.75, 3.05) is 60.3 Å². The van der Waals surface area contributed by atoms with Crippen LogP contribution in [0.2, 0.25) is 0 Å². The molecule has 5 aliphatic heterocycles. The third-order valence-corrected chi connectivity index (χ3v) is 13.1. The fourth-order valence-electron chi connectivity index (χ4n) is 9.73. The summed E-state index contributed by atoms with van der Waals surface area (Å²) in [5.41, 5.74) is 1.89. The summed E-state index contributed by atoms with van der Waals surface area (Å²) < 4.78 is 71.2. The lowest BCUT2D eigenvalue weighted by atomic mass is 9.66. The SMILES string of the molecule is COc1cc([C@@H]2c3cc4c(cc3C(OC3OC5COC(C)O[C@@H]5C(O)C3N(C)C)[C@H]3COC(=O)[C@H]23)OCO4)cc(OC)c1OC(=O)N(C)c1ccccc1O[C@@H]1OC(C(=O)O)[C@H](O)C(O)[C@H]1O. The van der Waals surface area contributed by atoms with Crippen molar-refractivity contribution in [3.8, 4) is 34.5 Å². The van der Waals surface area contributed by atoms with Gasteiger partial charge >= 0.3 is 18.0 Å². The number of amides is 1. The number of para-hydroxylation sites is 2. The van der Waals surface area contributed by atoms with Crippen LogP contribution in [0.3, 0.4) is 0 Å². The standard InChI is InChI=1S/C45H52N2O20/c1-18-58-16-29-39(62-18)33(48)32(46(2)3)43(64-29)65-37-21-14-26-25(60-17-61-26)13-20(21)30(31-22(37)15-59-42(31)54)19-11-27(56-5)38(28(12-19)57-6)67-45(55)47(4)23-9-7-8-10-24(23)63-44-36(51)34(49)35(50)40(66-44)41(52)53/h7-14,18,22,29-37,39-40,43-44,48-51H,15-17H2,1-6H3,(H,52,53)/t18?,22-,29?,30+,31-,32?,33?,34?,35+,36+,37?,39-,40?,43?,44+/m0/s1. The maximum atomic E-state index is 14.0. The van der Waals surface area contributed by atoms with E-state index in [-0.39, 0.29) is 48.7 Å². The van der Waals surface area contributed by atoms with Crippen molar-refractivity contribution in [1.29, 1.82) is 0 Å². The fraction of sp³-hybridized carbons (Fsp3) is 0.533. The molecule has 0 radical (unpaired) electrons. The number of hydrogen-bond donors (Lipinski definition) is 5. The summed E-state index contributed by atoms with van der Waals surface area (Å²) in [6, 6.07) is 12.2. The Hall–Kier alpha value is -5.53. The molecular weight excluding hydrogens is 888 g/mol. The number of aliphatic carboxylic acids is 1. The Kier molecular flexibility index (Phi) is 12.9. The number of carboxylic acid groups (broad SMARTS) is 1. The second kappa shape index (κ2) is 18.5. The number of carbonyl (C=O) groups excluding carboxylic acids is 2. The molecule has 67 heavy (non-hydrogen) atoms. The topological polar surface area (TPSA) is 270 Å². The number of cyclic esters (lactones) is 1. The Labute approximate surface area is 383 Å². The number of nitrogens with zero attached hydrogens (tertiary/aromatic N) is 2. The Morgan fingerprint density at radius 2 is 1.46 bits per heavy atom. The van der Waals surface area contributed by atoms with Gasteiger partial charge in [0.2, 0.25) is 18.8 Å². The van der Waals surface area contributed by atoms with Crippen molar-refractivity contribution in [3.05, 3.63) is 65.2 Å². The molecule has 1 aliphatic carbocycles. The van der Waals surface area contributed by atoms with Crippen LogP contribution in [0.25, 0.3) is 0 Å². The van der Waals surface area contributed by atoms with Crippen LogP contribution < -0.4 is 33.3 Å². The van der Waals surface area contributed by atoms with Crippen molar-refractivity contribution in [2.45, 2.75) is 86.6 Å². The number of likely N-dealkylation sites (N-methyl/N-ethyl adjacent to an activating group) is 1. The maximum absolute atomic E-state index is 14.0. The molecule has 362 valence electrons. The van der Waals surface area contributed by atoms with Gasteiger partial charge in [0.15, 0.2) is 41.7 Å². The van der Waals surface area contributed by atoms with Crippen LogP contribution in [0.5, 0.6) is 34.5 Å². The monoisotopic (exact) mass is 940 g/mol. The van der Waals surface area contributed by atoms with Crippen molar-refractivity contribution >= 4 is 23.7 Å². The lowest BCUT2D eigenvalue weighted by Gasteiger charge is -2.50. The molecule has 1 amide bonds. The average molecular weight is 941 g/mol. The molecular formula is C45H52N2O20. The fourth-order valence-corrected chi connectivity index (χ4v) is 9.73. The first-order chi connectivity index (χ1) is 32.1. The van der Waals surface area contributed by atoms with Crippen LogP contribution in [-0.2, 0) is 38.0 Å². The Morgan fingerprint density at radius 3 is 2.13 bits per heavy atom. The van der Waals surface area contributed by atoms with Crippen molar-refractivity contribution in [3.63, 3.8) is 0 Å². The maximum Gasteiger partial charge on any atom is 0.419 e. The molecule has 4 fully saturated rings. The van der Waals surface area contributed by atoms with Crippen LogP contribution in [-0.4, -0.2) is 171 Å². The van der Waals surface area contributed by atoms with Crippen LogP contribution in [0.1, 0.15) is 35.6 Å². The summed E-state index contributed by atoms with van der Waals surface area (Å²) in [4.78, 5) is 42.6. The van der Waals surface area contributed by atoms with Crippen LogP contribution in [0.15, 0.2) is 48.5 Å². The van der Waals surface area contributed by atoms with Crippen molar-refractivity contribution < 1.29 is 96.8 Å². The molecule has 0 saturated carbocycles. The van der Waals surface area contributed by atoms with Gasteiger partial charge in [0, 0.05) is 18.9 Å². The molecule has 15 atom stereocenters. The lowest BCUT2D eigenvalue weighted by molar-refractivity contribution is -0.354. The second-order valence-corrected chi connectivity index (χ2v) is 17.2. The van der Waals surface area contributed by atoms with E-state index in [9.17, 15) is 39.9 Å². The van der Waals surface area contributed by atoms with Gasteiger partial charge in [-0.25, -0.2) is 9.59 Å². The zero-order valence-electron chi connectivity index (χ0n) is 37.2. The number of ether oxygens (including phenoxy) is 12. The quantitative estimate of drug-likeness (QED) is 0.169. The van der Waals surface area contributed by atoms with Gasteiger partial charge in [-0.05, 0) is 74.1 Å². The number of esters is 1. The molecule has 5 heterocycles. The summed E-state index contributed by atoms with van der Waals surface area (Å²) in [5.74, 6) is -3.45. The minimum atomic E-state index is -1.94. The smallest absolute Gasteiger partial charge is 0.419 e. The summed E-state index contributed by atoms with van der Waals surface area (Å²) in [7, 11) is 7.69. The molecule has 4 saturated heterocycles. The highest BCUT2D eigenvalue weighted by atomic mass is 16.8. The highest BCUT2D eigenvalue weighted by molar-refractivity contribution is 5.91. The number of methoxy groups -OCH3 is 2. The number of rotatable bonds is 11. The normalized spacial score (nSPS) is 34.0. The minimum Gasteiger partial charge on any atom is -0.493 e. The van der Waals surface area contributed by atoms with Crippen LogP contribution in [0.4, 0.5) is 10.5 Å². The second-order valence-electron chi connectivity index (χ2n) is 17.2. The highest BCUT2D eigenvalue weighted by Gasteiger charge is 2.57. The van der Waals surface area contributed by atoms with E-state index in [1.165, 1.54) is 33.4 Å². The molecule has 0 bridgehead atoms. The third kappa shape index (κ3) is 8.34. The number of hydrogen-bond acceptors (Lipinski definition) is 20. The lowest BCUT2D eigenvalue weighted by Crippen LogP contribution is -2.66. The molecule has 9 rings (SSSR count). The van der Waals surface area contributed by atoms with E-state index in [4.69, 9.17) is 56.8 Å². The number of benzene rings is 3. The van der Waals surface area contributed by atoms with Crippen LogP contribution >= 0.6 is 0 Å². The van der Waals surface area contributed by atoms with Gasteiger partial charge in [0.1, 0.15) is 42.4 Å². The van der Waals surface area contributed by atoms with Crippen molar-refractivity contribution in [2.24, 2.45) is 11.8 Å². The minimum absolute atomic E-state index is 0.00770. The molecule has 3 aromatic carbocycles. The van der Waals surface area contributed by atoms with Gasteiger partial charge in [-0.3, -0.25) is 14.6 Å². The van der Waals surface area contributed by atoms with E-state index < -0.39 is 110 Å². The number of anilines is 1. The molecule has 3 aromatic rings. The number of carbonyl (C=O) groups is 3. The summed E-state index contributed by atoms with van der Waals surface area (Å²) in [6.07, 6.45) is -15.1. The largest absolute Gasteiger partial charge is 0.493 e. The molecule has 6 aliphatic rings. The van der Waals surface area contributed by atoms with E-state index in [0.717, 1.165) is 4.90 Å². The summed E-state index contributed by atoms with van der Waals surface area (Å²) in [6.45, 7) is 1.88. The van der Waals surface area contributed by atoms with Crippen molar-refractivity contribution in [1.82, 2.24) is 4.90 Å². The van der Waals surface area contributed by atoms with Gasteiger partial charge in [-0.15, -0.1) is 0 Å². The Morgan fingerprint density at radius 1 is 0.776 bits per heavy atom. The Bertz CT molecular complexity index is 2340. The average Bonchev–Trinajstić information content (AvgIpc) is 3.94. The molecule has 8 unspecified atom stereocenters. The first-order valence-electron chi connectivity index (χ1n) is 21.5. The number of fused-ring (bicyclic) bond motifs is 4. The summed E-state index contributed by atoms with van der Waals surface area (Å²) >= 11 is 0. The zero-order chi connectivity index (χ0) is 47.6. The van der Waals surface area contributed by atoms with Gasteiger partial charge in [-0.2, -0.15) is 0 Å². The van der Waals surface area contributed by atoms with E-state index in [2.05, 4.69) is 0 Å². The zero-order valence-corrected chi connectivity index (χ0v) is 37.2. The predicted octanol–water partition coefficient (Wildman–Crippen LogP) is 1.11. The molecule has 22 heteroatoms. The molecule has 22 nitrogen and oxygen atoms in total. The van der Waals surface area contributed by atoms with E-state index in [1.807, 2.05) is 6.07 Å². The first kappa shape index (κ1) is 46.6. The van der Waals surface area contributed by atoms with Gasteiger partial charge in [0.05, 0.1) is 51.2 Å². The van der Waals surface area contributed by atoms with Gasteiger partial charge < -0.3 is 82.4 Å². The Balaban J connectivity index is 1.03. The van der Waals surface area contributed by atoms with E-state index in [1.54, 1.807) is 56.3 Å². The van der Waals surface area contributed by atoms with E-state index in [0.29, 0.717) is 28.2 Å². The molecule has 0 aromatic heterocycles.